The molecule has 1 heterocycles. The molecule has 0 fully saturated rings. The number of hydrogen-bond acceptors (Lipinski definition) is 4. The van der Waals surface area contributed by atoms with E-state index in [-0.39, 0.29) is 22.7 Å². The molecule has 1 aromatic carbocycles. The summed E-state index contributed by atoms with van der Waals surface area (Å²) in [6.45, 7) is 3.39. The summed E-state index contributed by atoms with van der Waals surface area (Å²) < 4.78 is 0. The zero-order chi connectivity index (χ0) is 15.9. The Morgan fingerprint density at radius 2 is 1.82 bits per heavy atom. The smallest absolute Gasteiger partial charge is 0.269 e. The molecule has 0 amide bonds. The number of allylic oxidation sites excluding steroid dienone is 1. The molecule has 3 rings (SSSR count). The van der Waals surface area contributed by atoms with Crippen LogP contribution in [0.5, 0.6) is 0 Å². The van der Waals surface area contributed by atoms with Gasteiger partial charge in [0.1, 0.15) is 17.1 Å². The second-order valence-electron chi connectivity index (χ2n) is 5.00. The highest BCUT2D eigenvalue weighted by Gasteiger charge is 2.26. The molecule has 22 heavy (non-hydrogen) atoms. The number of H-pyrrole nitrogens is 1. The van der Waals surface area contributed by atoms with Crippen LogP contribution in [0, 0.1) is 6.92 Å². The summed E-state index contributed by atoms with van der Waals surface area (Å²) in [6, 6.07) is 6.85. The van der Waals surface area contributed by atoms with Crippen molar-refractivity contribution < 1.29 is 4.79 Å². The predicted molar refractivity (Wildman–Crippen MR) is 86.1 cm³/mol. The van der Waals surface area contributed by atoms with Crippen molar-refractivity contribution in [2.75, 3.05) is 0 Å². The number of halogens is 1. The maximum atomic E-state index is 12.6. The first kappa shape index (κ1) is 14.4. The van der Waals surface area contributed by atoms with Gasteiger partial charge < -0.3 is 4.98 Å². The minimum Gasteiger partial charge on any atom is -0.316 e. The normalized spacial score (nSPS) is 15.7. The van der Waals surface area contributed by atoms with Gasteiger partial charge in [-0.3, -0.25) is 9.59 Å². The lowest BCUT2D eigenvalue weighted by atomic mass is 9.97. The van der Waals surface area contributed by atoms with E-state index in [0.717, 1.165) is 0 Å². The van der Waals surface area contributed by atoms with Crippen LogP contribution in [0.1, 0.15) is 28.8 Å². The van der Waals surface area contributed by atoms with Gasteiger partial charge in [-0.25, -0.2) is 9.98 Å². The minimum absolute atomic E-state index is 0.175. The van der Waals surface area contributed by atoms with Gasteiger partial charge in [0.2, 0.25) is 5.78 Å². The van der Waals surface area contributed by atoms with Crippen LogP contribution in [-0.4, -0.2) is 21.5 Å². The molecular formula is C16H12ClN3O2. The number of carbonyl (C=O) groups excluding carboxylic acids is 1. The number of nitrogens with one attached hydrogen (secondary N) is 1. The van der Waals surface area contributed by atoms with Gasteiger partial charge in [0.05, 0.1) is 11.4 Å². The van der Waals surface area contributed by atoms with Crippen molar-refractivity contribution in [1.82, 2.24) is 9.97 Å². The van der Waals surface area contributed by atoms with Crippen LogP contribution in [0.4, 0.5) is 5.69 Å². The van der Waals surface area contributed by atoms with Gasteiger partial charge in [0.15, 0.2) is 0 Å². The molecule has 0 atom stereocenters. The largest absolute Gasteiger partial charge is 0.316 e. The van der Waals surface area contributed by atoms with Gasteiger partial charge >= 0.3 is 0 Å². The van der Waals surface area contributed by atoms with E-state index in [9.17, 15) is 9.59 Å². The van der Waals surface area contributed by atoms with Gasteiger partial charge in [-0.1, -0.05) is 11.6 Å². The van der Waals surface area contributed by atoms with E-state index in [2.05, 4.69) is 15.0 Å². The van der Waals surface area contributed by atoms with Crippen molar-refractivity contribution in [2.24, 2.45) is 4.99 Å². The summed E-state index contributed by atoms with van der Waals surface area (Å²) in [7, 11) is 0. The number of benzene rings is 1. The van der Waals surface area contributed by atoms with Crippen LogP contribution in [0.3, 0.4) is 0 Å². The van der Waals surface area contributed by atoms with E-state index in [4.69, 9.17) is 11.6 Å². The molecule has 2 aromatic rings. The predicted octanol–water partition coefficient (Wildman–Crippen LogP) is 3.10. The van der Waals surface area contributed by atoms with Gasteiger partial charge in [-0.2, -0.15) is 0 Å². The third-order valence-electron chi connectivity index (χ3n) is 3.35. The SMILES string of the molecule is CC1=Cc2nc(C)c(=O)[nH]c2C(=O)C1=Nc1ccc(Cl)cc1. The molecule has 110 valence electrons. The number of aryl methyl sites for hydroxylation is 1. The molecule has 6 heteroatoms. The van der Waals surface area contributed by atoms with Crippen LogP contribution in [0.25, 0.3) is 6.08 Å². The number of fused-ring (bicyclic) bond motifs is 1. The topological polar surface area (TPSA) is 75.2 Å². The average Bonchev–Trinajstić information content (AvgIpc) is 2.48. The van der Waals surface area contributed by atoms with E-state index in [0.29, 0.717) is 27.7 Å². The first-order chi connectivity index (χ1) is 10.5. The van der Waals surface area contributed by atoms with Crippen LogP contribution < -0.4 is 5.56 Å². The Hall–Kier alpha value is -2.53. The highest BCUT2D eigenvalue weighted by atomic mass is 35.5. The van der Waals surface area contributed by atoms with Crippen LogP contribution in [0.2, 0.25) is 5.02 Å². The molecule has 0 radical (unpaired) electrons. The second-order valence-corrected chi connectivity index (χ2v) is 5.44. The van der Waals surface area contributed by atoms with Crippen molar-refractivity contribution in [2.45, 2.75) is 13.8 Å². The van der Waals surface area contributed by atoms with Gasteiger partial charge in [-0.05, 0) is 49.8 Å². The molecule has 0 saturated heterocycles. The number of nitrogens with zero attached hydrogens (tertiary/aromatic N) is 2. The molecule has 1 aromatic heterocycles. The highest BCUT2D eigenvalue weighted by molar-refractivity contribution is 6.53. The van der Waals surface area contributed by atoms with Crippen molar-refractivity contribution in [3.05, 3.63) is 62.3 Å². The Morgan fingerprint density at radius 3 is 2.50 bits per heavy atom. The first-order valence-electron chi connectivity index (χ1n) is 6.64. The lowest BCUT2D eigenvalue weighted by Gasteiger charge is -2.14. The van der Waals surface area contributed by atoms with Crippen LogP contribution >= 0.6 is 11.6 Å². The number of rotatable bonds is 1. The van der Waals surface area contributed by atoms with Crippen molar-refractivity contribution in [1.29, 1.82) is 0 Å². The van der Waals surface area contributed by atoms with Gasteiger partial charge in [0.25, 0.3) is 5.56 Å². The standard InChI is InChI=1S/C16H12ClN3O2/c1-8-7-12-14(20-16(22)9(2)18-12)15(21)13(8)19-11-5-3-10(17)4-6-11/h3-7H,1-2H3,(H,20,22). The Labute approximate surface area is 131 Å². The summed E-state index contributed by atoms with van der Waals surface area (Å²) in [5, 5.41) is 0.598. The summed E-state index contributed by atoms with van der Waals surface area (Å²) in [5.41, 5.74) is 2.21. The number of hydrogen-bond donors (Lipinski definition) is 1. The molecule has 1 aliphatic rings. The monoisotopic (exact) mass is 313 g/mol. The average molecular weight is 314 g/mol. The number of carbonyl (C=O) groups is 1. The molecular weight excluding hydrogens is 302 g/mol. The molecule has 0 bridgehead atoms. The molecule has 0 spiro atoms. The van der Waals surface area contributed by atoms with E-state index in [1.165, 1.54) is 0 Å². The summed E-state index contributed by atoms with van der Waals surface area (Å²) in [5.74, 6) is -0.338. The molecule has 0 aliphatic heterocycles. The second kappa shape index (κ2) is 5.35. The zero-order valence-corrected chi connectivity index (χ0v) is 12.7. The molecule has 5 nitrogen and oxygen atoms in total. The third-order valence-corrected chi connectivity index (χ3v) is 3.60. The Kier molecular flexibility index (Phi) is 3.50. The highest BCUT2D eigenvalue weighted by Crippen LogP contribution is 2.23. The van der Waals surface area contributed by atoms with Crippen LogP contribution in [0.15, 0.2) is 39.6 Å². The van der Waals surface area contributed by atoms with E-state index in [1.54, 1.807) is 44.2 Å². The lowest BCUT2D eigenvalue weighted by molar-refractivity contribution is 0.106. The summed E-state index contributed by atoms with van der Waals surface area (Å²) in [4.78, 5) is 35.3. The molecule has 0 unspecified atom stereocenters. The number of aromatic amines is 1. The summed E-state index contributed by atoms with van der Waals surface area (Å²) >= 11 is 5.84. The first-order valence-corrected chi connectivity index (χ1v) is 7.02. The fourth-order valence-corrected chi connectivity index (χ4v) is 2.31. The maximum Gasteiger partial charge on any atom is 0.269 e. The van der Waals surface area contributed by atoms with E-state index in [1.807, 2.05) is 0 Å². The molecule has 1 aliphatic carbocycles. The van der Waals surface area contributed by atoms with Crippen LogP contribution in [-0.2, 0) is 0 Å². The van der Waals surface area contributed by atoms with E-state index >= 15 is 0 Å². The quantitative estimate of drug-likeness (QED) is 0.879. The van der Waals surface area contributed by atoms with Crippen molar-refractivity contribution in [3.8, 4) is 0 Å². The molecule has 0 saturated carbocycles. The Bertz CT molecular complexity index is 893. The minimum atomic E-state index is -0.370. The van der Waals surface area contributed by atoms with Gasteiger partial charge in [0, 0.05) is 5.02 Å². The number of ketones is 1. The van der Waals surface area contributed by atoms with Crippen molar-refractivity contribution >= 4 is 34.9 Å². The Balaban J connectivity index is 2.12. The maximum absolute atomic E-state index is 12.6. The fraction of sp³-hybridized carbons (Fsp3) is 0.125. The third kappa shape index (κ3) is 2.51. The number of aromatic nitrogens is 2. The number of Topliss-reactive ketones (excluding diaryl/α,β-unsaturated/α-hetero) is 1. The van der Waals surface area contributed by atoms with Gasteiger partial charge in [-0.15, -0.1) is 0 Å². The zero-order valence-electron chi connectivity index (χ0n) is 12.0. The van der Waals surface area contributed by atoms with Crippen molar-refractivity contribution in [3.63, 3.8) is 0 Å². The van der Waals surface area contributed by atoms with E-state index < -0.39 is 0 Å². The number of aliphatic imine (C=N–C) groups is 1. The lowest BCUT2D eigenvalue weighted by Crippen LogP contribution is -2.27. The Morgan fingerprint density at radius 1 is 1.14 bits per heavy atom. The molecule has 1 N–H and O–H groups in total. The fourth-order valence-electron chi connectivity index (χ4n) is 2.19. The summed E-state index contributed by atoms with van der Waals surface area (Å²) in [6.07, 6.45) is 1.74.